The summed E-state index contributed by atoms with van der Waals surface area (Å²) < 4.78 is 0. The van der Waals surface area contributed by atoms with Gasteiger partial charge in [-0.1, -0.05) is 19.1 Å². The Bertz CT molecular complexity index is 292. The highest BCUT2D eigenvalue weighted by molar-refractivity contribution is 5.74. The lowest BCUT2D eigenvalue weighted by atomic mass is 9.97. The largest absolute Gasteiger partial charge is 0.549 e. The third-order valence-electron chi connectivity index (χ3n) is 2.03. The van der Waals surface area contributed by atoms with E-state index in [2.05, 4.69) is 0 Å². The molecule has 0 heterocycles. The lowest BCUT2D eigenvalue weighted by Gasteiger charge is -2.16. The zero-order valence-electron chi connectivity index (χ0n) is 7.49. The van der Waals surface area contributed by atoms with E-state index < -0.39 is 11.9 Å². The van der Waals surface area contributed by atoms with Crippen LogP contribution in [-0.2, 0) is 4.79 Å². The summed E-state index contributed by atoms with van der Waals surface area (Å²) in [5.74, 6) is -1.56. The van der Waals surface area contributed by atoms with Crippen molar-refractivity contribution in [3.63, 3.8) is 0 Å². The van der Waals surface area contributed by atoms with Crippen molar-refractivity contribution in [2.45, 2.75) is 19.3 Å². The molecule has 2 N–H and O–H groups in total. The number of benzene rings is 1. The molecule has 3 nitrogen and oxygen atoms in total. The van der Waals surface area contributed by atoms with E-state index in [1.54, 1.807) is 24.3 Å². The Morgan fingerprint density at radius 1 is 1.46 bits per heavy atom. The first-order valence-electron chi connectivity index (χ1n) is 4.21. The van der Waals surface area contributed by atoms with Gasteiger partial charge in [0.05, 0.1) is 0 Å². The number of carbonyl (C=O) groups is 1. The van der Waals surface area contributed by atoms with Gasteiger partial charge in [-0.3, -0.25) is 0 Å². The maximum Gasteiger partial charge on any atom is 0.0489 e. The molecule has 0 saturated carbocycles. The van der Waals surface area contributed by atoms with Crippen molar-refractivity contribution in [1.29, 1.82) is 0 Å². The second-order valence-electron chi connectivity index (χ2n) is 2.95. The Hall–Kier alpha value is -1.51. The normalized spacial score (nSPS) is 12.4. The fourth-order valence-corrected chi connectivity index (χ4v) is 1.27. The highest BCUT2D eigenvalue weighted by Gasteiger charge is 2.09. The van der Waals surface area contributed by atoms with Gasteiger partial charge in [-0.25, -0.2) is 0 Å². The van der Waals surface area contributed by atoms with Crippen LogP contribution in [0.3, 0.4) is 0 Å². The van der Waals surface area contributed by atoms with E-state index in [4.69, 9.17) is 5.73 Å². The summed E-state index contributed by atoms with van der Waals surface area (Å²) >= 11 is 0. The van der Waals surface area contributed by atoms with E-state index >= 15 is 0 Å². The molecule has 0 fully saturated rings. The molecule has 0 aliphatic heterocycles. The predicted molar refractivity (Wildman–Crippen MR) is 48.9 cm³/mol. The number of rotatable bonds is 3. The fourth-order valence-electron chi connectivity index (χ4n) is 1.27. The van der Waals surface area contributed by atoms with Crippen LogP contribution in [-0.4, -0.2) is 5.97 Å². The smallest absolute Gasteiger partial charge is 0.0489 e. The average Bonchev–Trinajstić information content (AvgIpc) is 2.09. The minimum absolute atomic E-state index is 0.527. The number of hydrogen-bond acceptors (Lipinski definition) is 3. The van der Waals surface area contributed by atoms with Gasteiger partial charge in [0.2, 0.25) is 0 Å². The standard InChI is InChI=1S/C10H13NO2/c1-2-9(10(12)13)7-3-5-8(11)6-4-7/h3-6,9H,2,11H2,1H3,(H,12,13)/p-1. The summed E-state index contributed by atoms with van der Waals surface area (Å²) in [6, 6.07) is 6.83. The van der Waals surface area contributed by atoms with Crippen LogP contribution < -0.4 is 10.8 Å². The number of carboxylic acids is 1. The van der Waals surface area contributed by atoms with Gasteiger partial charge in [0.1, 0.15) is 0 Å². The monoisotopic (exact) mass is 178 g/mol. The Morgan fingerprint density at radius 3 is 2.38 bits per heavy atom. The molecule has 0 aliphatic rings. The summed E-state index contributed by atoms with van der Waals surface area (Å²) in [7, 11) is 0. The molecule has 13 heavy (non-hydrogen) atoms. The van der Waals surface area contributed by atoms with E-state index in [1.165, 1.54) is 0 Å². The second kappa shape index (κ2) is 3.94. The topological polar surface area (TPSA) is 66.1 Å². The Balaban J connectivity index is 2.92. The number of aliphatic carboxylic acids is 1. The van der Waals surface area contributed by atoms with Crippen LogP contribution in [0.25, 0.3) is 0 Å². The number of carbonyl (C=O) groups excluding carboxylic acids is 1. The molecule has 1 rings (SSSR count). The zero-order valence-corrected chi connectivity index (χ0v) is 7.49. The summed E-state index contributed by atoms with van der Waals surface area (Å²) in [5.41, 5.74) is 6.86. The summed E-state index contributed by atoms with van der Waals surface area (Å²) in [6.07, 6.45) is 0.534. The van der Waals surface area contributed by atoms with Crippen LogP contribution in [0.4, 0.5) is 5.69 Å². The van der Waals surface area contributed by atoms with Gasteiger partial charge in [-0.15, -0.1) is 0 Å². The van der Waals surface area contributed by atoms with Crippen molar-refractivity contribution in [3.05, 3.63) is 29.8 Å². The van der Waals surface area contributed by atoms with Crippen LogP contribution in [0.15, 0.2) is 24.3 Å². The molecular weight excluding hydrogens is 166 g/mol. The molecule has 0 amide bonds. The quantitative estimate of drug-likeness (QED) is 0.686. The van der Waals surface area contributed by atoms with Crippen molar-refractivity contribution in [3.8, 4) is 0 Å². The number of nitrogens with two attached hydrogens (primary N) is 1. The highest BCUT2D eigenvalue weighted by Crippen LogP contribution is 2.19. The van der Waals surface area contributed by atoms with Crippen molar-refractivity contribution < 1.29 is 9.90 Å². The first-order chi connectivity index (χ1) is 6.15. The highest BCUT2D eigenvalue weighted by atomic mass is 16.4. The molecule has 3 heteroatoms. The van der Waals surface area contributed by atoms with Crippen molar-refractivity contribution in [2.75, 3.05) is 5.73 Å². The molecule has 1 aromatic carbocycles. The van der Waals surface area contributed by atoms with E-state index in [9.17, 15) is 9.90 Å². The van der Waals surface area contributed by atoms with Gasteiger partial charge >= 0.3 is 0 Å². The molecule has 0 spiro atoms. The fraction of sp³-hybridized carbons (Fsp3) is 0.300. The number of nitrogen functional groups attached to an aromatic ring is 1. The summed E-state index contributed by atoms with van der Waals surface area (Å²) in [4.78, 5) is 10.7. The van der Waals surface area contributed by atoms with Crippen LogP contribution in [0.2, 0.25) is 0 Å². The molecule has 1 unspecified atom stereocenters. The lowest BCUT2D eigenvalue weighted by molar-refractivity contribution is -0.308. The van der Waals surface area contributed by atoms with Gasteiger partial charge in [0.15, 0.2) is 0 Å². The average molecular weight is 178 g/mol. The van der Waals surface area contributed by atoms with Crippen LogP contribution in [0.1, 0.15) is 24.8 Å². The van der Waals surface area contributed by atoms with Gasteiger partial charge in [0, 0.05) is 17.6 Å². The first-order valence-corrected chi connectivity index (χ1v) is 4.21. The van der Waals surface area contributed by atoms with E-state index in [1.807, 2.05) is 6.92 Å². The third kappa shape index (κ3) is 2.21. The molecule has 0 aliphatic carbocycles. The first kappa shape index (κ1) is 9.58. The molecule has 1 aromatic rings. The Kier molecular flexibility index (Phi) is 2.90. The Labute approximate surface area is 77.2 Å². The van der Waals surface area contributed by atoms with E-state index in [0.29, 0.717) is 12.1 Å². The van der Waals surface area contributed by atoms with Gasteiger partial charge in [-0.05, 0) is 24.1 Å². The molecule has 0 radical (unpaired) electrons. The molecule has 0 aromatic heterocycles. The number of anilines is 1. The maximum absolute atomic E-state index is 10.7. The maximum atomic E-state index is 10.7. The minimum atomic E-state index is -1.03. The minimum Gasteiger partial charge on any atom is -0.549 e. The van der Waals surface area contributed by atoms with Crippen molar-refractivity contribution in [1.82, 2.24) is 0 Å². The van der Waals surface area contributed by atoms with Crippen LogP contribution >= 0.6 is 0 Å². The zero-order chi connectivity index (χ0) is 9.84. The SMILES string of the molecule is CCC(C(=O)[O-])c1ccc(N)cc1. The predicted octanol–water partition coefficient (Wildman–Crippen LogP) is 0.512. The molecule has 70 valence electrons. The van der Waals surface area contributed by atoms with Gasteiger partial charge in [0.25, 0.3) is 0 Å². The summed E-state index contributed by atoms with van der Waals surface area (Å²) in [5, 5.41) is 10.7. The summed E-state index contributed by atoms with van der Waals surface area (Å²) in [6.45, 7) is 1.82. The molecule has 0 bridgehead atoms. The molecule has 1 atom stereocenters. The number of hydrogen-bond donors (Lipinski definition) is 1. The lowest BCUT2D eigenvalue weighted by Crippen LogP contribution is -2.29. The van der Waals surface area contributed by atoms with Gasteiger partial charge < -0.3 is 15.6 Å². The Morgan fingerprint density at radius 2 is 2.00 bits per heavy atom. The van der Waals surface area contributed by atoms with E-state index in [0.717, 1.165) is 5.56 Å². The number of carboxylic acid groups (broad SMARTS) is 1. The van der Waals surface area contributed by atoms with E-state index in [-0.39, 0.29) is 0 Å². The van der Waals surface area contributed by atoms with Crippen molar-refractivity contribution >= 4 is 11.7 Å². The molecular formula is C10H12NO2-. The van der Waals surface area contributed by atoms with Crippen LogP contribution in [0, 0.1) is 0 Å². The van der Waals surface area contributed by atoms with Gasteiger partial charge in [-0.2, -0.15) is 0 Å². The van der Waals surface area contributed by atoms with Crippen molar-refractivity contribution in [2.24, 2.45) is 0 Å². The van der Waals surface area contributed by atoms with Crippen LogP contribution in [0.5, 0.6) is 0 Å². The second-order valence-corrected chi connectivity index (χ2v) is 2.95. The molecule has 0 saturated heterocycles. The third-order valence-corrected chi connectivity index (χ3v) is 2.03.